The maximum atomic E-state index is 13.1. The molecule has 0 aliphatic carbocycles. The summed E-state index contributed by atoms with van der Waals surface area (Å²) < 4.78 is 18.7. The Kier molecular flexibility index (Phi) is 3.43. The van der Waals surface area contributed by atoms with Gasteiger partial charge in [-0.25, -0.2) is 4.39 Å². The number of benzene rings is 2. The number of aryl methyl sites for hydroxylation is 2. The van der Waals surface area contributed by atoms with Crippen LogP contribution in [0.4, 0.5) is 4.39 Å². The standard InChI is InChI=1S/C15H15FO/c1-11-3-6-14(7-4-11)17-10-13-5-8-15(16)12(2)9-13/h3-9H,10H2,1-2H3. The van der Waals surface area contributed by atoms with Crippen LogP contribution in [-0.2, 0) is 6.61 Å². The second-order valence-corrected chi connectivity index (χ2v) is 4.19. The van der Waals surface area contributed by atoms with Crippen LogP contribution in [0.5, 0.6) is 5.75 Å². The van der Waals surface area contributed by atoms with Crippen LogP contribution in [-0.4, -0.2) is 0 Å². The second-order valence-electron chi connectivity index (χ2n) is 4.19. The fourth-order valence-electron chi connectivity index (χ4n) is 1.60. The van der Waals surface area contributed by atoms with Crippen LogP contribution < -0.4 is 4.74 Å². The molecule has 0 aliphatic rings. The van der Waals surface area contributed by atoms with Crippen LogP contribution in [0.3, 0.4) is 0 Å². The van der Waals surface area contributed by atoms with Crippen molar-refractivity contribution in [3.05, 3.63) is 65.0 Å². The van der Waals surface area contributed by atoms with E-state index >= 15 is 0 Å². The molecule has 0 unspecified atom stereocenters. The van der Waals surface area contributed by atoms with Crippen LogP contribution >= 0.6 is 0 Å². The van der Waals surface area contributed by atoms with Gasteiger partial charge in [0.15, 0.2) is 0 Å². The van der Waals surface area contributed by atoms with Crippen molar-refractivity contribution in [2.45, 2.75) is 20.5 Å². The minimum Gasteiger partial charge on any atom is -0.489 e. The van der Waals surface area contributed by atoms with Gasteiger partial charge < -0.3 is 4.74 Å². The second kappa shape index (κ2) is 5.00. The lowest BCUT2D eigenvalue weighted by Gasteiger charge is -2.07. The number of hydrogen-bond acceptors (Lipinski definition) is 1. The monoisotopic (exact) mass is 230 g/mol. The van der Waals surface area contributed by atoms with E-state index in [0.717, 1.165) is 11.3 Å². The van der Waals surface area contributed by atoms with E-state index in [0.29, 0.717) is 12.2 Å². The molecular weight excluding hydrogens is 215 g/mol. The maximum absolute atomic E-state index is 13.1. The van der Waals surface area contributed by atoms with Crippen molar-refractivity contribution in [2.24, 2.45) is 0 Å². The number of hydrogen-bond donors (Lipinski definition) is 0. The van der Waals surface area contributed by atoms with E-state index in [4.69, 9.17) is 4.74 Å². The van der Waals surface area contributed by atoms with Gasteiger partial charge in [0.2, 0.25) is 0 Å². The molecule has 0 radical (unpaired) electrons. The zero-order valence-electron chi connectivity index (χ0n) is 10.0. The third-order valence-corrected chi connectivity index (χ3v) is 2.65. The molecular formula is C15H15FO. The normalized spacial score (nSPS) is 10.3. The summed E-state index contributed by atoms with van der Waals surface area (Å²) in [6.45, 7) is 4.25. The SMILES string of the molecule is Cc1ccc(OCc2ccc(F)c(C)c2)cc1. The maximum Gasteiger partial charge on any atom is 0.126 e. The first-order chi connectivity index (χ1) is 8.15. The highest BCUT2D eigenvalue weighted by molar-refractivity contribution is 5.28. The molecule has 0 saturated carbocycles. The van der Waals surface area contributed by atoms with Crippen molar-refractivity contribution in [1.82, 2.24) is 0 Å². The fraction of sp³-hybridized carbons (Fsp3) is 0.200. The topological polar surface area (TPSA) is 9.23 Å². The predicted octanol–water partition coefficient (Wildman–Crippen LogP) is 4.02. The molecule has 0 aliphatic heterocycles. The Balaban J connectivity index is 2.02. The van der Waals surface area contributed by atoms with Crippen LogP contribution in [0.15, 0.2) is 42.5 Å². The summed E-state index contributed by atoms with van der Waals surface area (Å²) in [7, 11) is 0. The molecule has 2 aromatic carbocycles. The van der Waals surface area contributed by atoms with Crippen LogP contribution in [0.2, 0.25) is 0 Å². The summed E-state index contributed by atoms with van der Waals surface area (Å²) in [5.74, 6) is 0.654. The van der Waals surface area contributed by atoms with Gasteiger partial charge in [-0.1, -0.05) is 23.8 Å². The number of halogens is 1. The zero-order chi connectivity index (χ0) is 12.3. The molecule has 88 valence electrons. The van der Waals surface area contributed by atoms with Gasteiger partial charge in [-0.2, -0.15) is 0 Å². The lowest BCUT2D eigenvalue weighted by atomic mass is 10.1. The highest BCUT2D eigenvalue weighted by Gasteiger charge is 2.00. The van der Waals surface area contributed by atoms with Crippen LogP contribution in [0.1, 0.15) is 16.7 Å². The molecule has 0 amide bonds. The molecule has 0 fully saturated rings. The average molecular weight is 230 g/mol. The molecule has 0 N–H and O–H groups in total. The lowest BCUT2D eigenvalue weighted by molar-refractivity contribution is 0.306. The lowest BCUT2D eigenvalue weighted by Crippen LogP contribution is -1.96. The molecule has 0 bridgehead atoms. The van der Waals surface area contributed by atoms with E-state index in [1.807, 2.05) is 37.3 Å². The smallest absolute Gasteiger partial charge is 0.126 e. The molecule has 2 heteroatoms. The Bertz CT molecular complexity index is 503. The molecule has 2 rings (SSSR count). The number of rotatable bonds is 3. The Labute approximate surface area is 101 Å². The first-order valence-electron chi connectivity index (χ1n) is 5.59. The van der Waals surface area contributed by atoms with Gasteiger partial charge in [-0.05, 0) is 49.2 Å². The van der Waals surface area contributed by atoms with E-state index in [2.05, 4.69) is 0 Å². The molecule has 1 nitrogen and oxygen atoms in total. The van der Waals surface area contributed by atoms with Crippen molar-refractivity contribution in [3.63, 3.8) is 0 Å². The van der Waals surface area contributed by atoms with Crippen LogP contribution in [0.25, 0.3) is 0 Å². The molecule has 0 saturated heterocycles. The Hall–Kier alpha value is -1.83. The molecule has 0 aromatic heterocycles. The first kappa shape index (κ1) is 11.6. The van der Waals surface area contributed by atoms with Crippen LogP contribution in [0, 0.1) is 19.7 Å². The quantitative estimate of drug-likeness (QED) is 0.773. The third-order valence-electron chi connectivity index (χ3n) is 2.65. The highest BCUT2D eigenvalue weighted by atomic mass is 19.1. The van der Waals surface area contributed by atoms with E-state index in [1.54, 1.807) is 13.0 Å². The van der Waals surface area contributed by atoms with E-state index < -0.39 is 0 Å². The Morgan fingerprint density at radius 2 is 1.71 bits per heavy atom. The summed E-state index contributed by atoms with van der Waals surface area (Å²) in [4.78, 5) is 0. The van der Waals surface area contributed by atoms with Gasteiger partial charge in [0.05, 0.1) is 0 Å². The van der Waals surface area contributed by atoms with E-state index in [-0.39, 0.29) is 5.82 Å². The minimum atomic E-state index is -0.177. The summed E-state index contributed by atoms with van der Waals surface area (Å²) in [5, 5.41) is 0. The van der Waals surface area contributed by atoms with Gasteiger partial charge in [-0.3, -0.25) is 0 Å². The Morgan fingerprint density at radius 1 is 1.00 bits per heavy atom. The van der Waals surface area contributed by atoms with Crippen molar-refractivity contribution in [2.75, 3.05) is 0 Å². The van der Waals surface area contributed by atoms with E-state index in [9.17, 15) is 4.39 Å². The average Bonchev–Trinajstić information content (AvgIpc) is 2.33. The van der Waals surface area contributed by atoms with Crippen molar-refractivity contribution in [1.29, 1.82) is 0 Å². The molecule has 0 spiro atoms. The Morgan fingerprint density at radius 3 is 2.35 bits per heavy atom. The highest BCUT2D eigenvalue weighted by Crippen LogP contribution is 2.15. The fourth-order valence-corrected chi connectivity index (χ4v) is 1.60. The van der Waals surface area contributed by atoms with Crippen molar-refractivity contribution >= 4 is 0 Å². The molecule has 17 heavy (non-hydrogen) atoms. The summed E-state index contributed by atoms with van der Waals surface area (Å²) >= 11 is 0. The molecule has 2 aromatic rings. The summed E-state index contributed by atoms with van der Waals surface area (Å²) in [5.41, 5.74) is 2.83. The molecule has 0 heterocycles. The van der Waals surface area contributed by atoms with Crippen molar-refractivity contribution in [3.8, 4) is 5.75 Å². The van der Waals surface area contributed by atoms with E-state index in [1.165, 1.54) is 11.6 Å². The first-order valence-corrected chi connectivity index (χ1v) is 5.59. The van der Waals surface area contributed by atoms with Gasteiger partial charge in [0.25, 0.3) is 0 Å². The third kappa shape index (κ3) is 3.06. The van der Waals surface area contributed by atoms with Crippen molar-refractivity contribution < 1.29 is 9.13 Å². The summed E-state index contributed by atoms with van der Waals surface area (Å²) in [6, 6.07) is 12.9. The summed E-state index contributed by atoms with van der Waals surface area (Å²) in [6.07, 6.45) is 0. The van der Waals surface area contributed by atoms with Gasteiger partial charge >= 0.3 is 0 Å². The molecule has 0 atom stereocenters. The van der Waals surface area contributed by atoms with Gasteiger partial charge in [0, 0.05) is 0 Å². The number of ether oxygens (including phenoxy) is 1. The largest absolute Gasteiger partial charge is 0.489 e. The zero-order valence-corrected chi connectivity index (χ0v) is 10.0. The van der Waals surface area contributed by atoms with Gasteiger partial charge in [0.1, 0.15) is 18.2 Å². The predicted molar refractivity (Wildman–Crippen MR) is 66.6 cm³/mol. The minimum absolute atomic E-state index is 0.177. The van der Waals surface area contributed by atoms with Gasteiger partial charge in [-0.15, -0.1) is 0 Å².